The van der Waals surface area contributed by atoms with Crippen molar-refractivity contribution in [3.05, 3.63) is 0 Å². The molecular formula is C3H12OSi2. The maximum absolute atomic E-state index is 5.26. The van der Waals surface area contributed by atoms with E-state index in [1.165, 1.54) is 6.04 Å². The zero-order valence-corrected chi connectivity index (χ0v) is 7.36. The van der Waals surface area contributed by atoms with Crippen LogP contribution in [0.25, 0.3) is 0 Å². The Bertz CT molecular complexity index is 20.8. The Balaban J connectivity index is 2.34. The van der Waals surface area contributed by atoms with E-state index in [4.69, 9.17) is 4.12 Å². The summed E-state index contributed by atoms with van der Waals surface area (Å²) in [6.07, 6.45) is 0. The third kappa shape index (κ3) is 4.39. The van der Waals surface area contributed by atoms with Crippen LogP contribution in [0.2, 0.25) is 12.6 Å². The van der Waals surface area contributed by atoms with Gasteiger partial charge < -0.3 is 4.12 Å². The molecule has 1 nitrogen and oxygen atoms in total. The van der Waals surface area contributed by atoms with Crippen LogP contribution in [0.1, 0.15) is 6.92 Å². The molecule has 0 spiro atoms. The average molecular weight is 120 g/mol. The van der Waals surface area contributed by atoms with Crippen molar-refractivity contribution in [2.24, 2.45) is 0 Å². The van der Waals surface area contributed by atoms with Crippen LogP contribution in [0.3, 0.4) is 0 Å². The smallest absolute Gasteiger partial charge is 0.145 e. The lowest BCUT2D eigenvalue weighted by Gasteiger charge is -1.90. The molecule has 0 amide bonds. The fourth-order valence-electron chi connectivity index (χ4n) is 0.289. The summed E-state index contributed by atoms with van der Waals surface area (Å²) in [5.74, 6) is 0. The van der Waals surface area contributed by atoms with Gasteiger partial charge in [-0.2, -0.15) is 0 Å². The summed E-state index contributed by atoms with van der Waals surface area (Å²) in [4.78, 5) is 0. The van der Waals surface area contributed by atoms with Crippen molar-refractivity contribution in [3.63, 3.8) is 0 Å². The average Bonchev–Trinajstić information content (AvgIpc) is 1.61. The highest BCUT2D eigenvalue weighted by molar-refractivity contribution is 6.41. The molecule has 0 aromatic rings. The van der Waals surface area contributed by atoms with E-state index in [-0.39, 0.29) is 19.5 Å². The van der Waals surface area contributed by atoms with Gasteiger partial charge in [-0.25, -0.2) is 0 Å². The van der Waals surface area contributed by atoms with Crippen LogP contribution in [0.5, 0.6) is 0 Å². The first-order chi connectivity index (χ1) is 2.91. The molecule has 0 saturated heterocycles. The van der Waals surface area contributed by atoms with Gasteiger partial charge in [0.1, 0.15) is 19.5 Å². The highest BCUT2D eigenvalue weighted by atomic mass is 28.3. The summed E-state index contributed by atoms with van der Waals surface area (Å²) in [6, 6.07) is 1.31. The van der Waals surface area contributed by atoms with E-state index in [0.717, 1.165) is 0 Å². The molecule has 0 aliphatic heterocycles. The second kappa shape index (κ2) is 5.39. The second-order valence-electron chi connectivity index (χ2n) is 1.20. The van der Waals surface area contributed by atoms with Crippen LogP contribution in [0, 0.1) is 0 Å². The van der Waals surface area contributed by atoms with Crippen LogP contribution >= 0.6 is 0 Å². The molecule has 0 bridgehead atoms. The Hall–Kier alpha value is 0.394. The highest BCUT2D eigenvalue weighted by Gasteiger charge is 1.75. The molecule has 38 valence electrons. The molecule has 0 aromatic heterocycles. The molecule has 0 saturated carbocycles. The van der Waals surface area contributed by atoms with Gasteiger partial charge in [-0.1, -0.05) is 13.5 Å². The van der Waals surface area contributed by atoms with E-state index >= 15 is 0 Å². The van der Waals surface area contributed by atoms with Crippen molar-refractivity contribution >= 4 is 19.5 Å². The molecule has 0 heterocycles. The molecule has 0 aliphatic carbocycles. The molecule has 0 rings (SSSR count). The van der Waals surface area contributed by atoms with E-state index in [9.17, 15) is 0 Å². The van der Waals surface area contributed by atoms with Gasteiger partial charge in [0, 0.05) is 0 Å². The Morgan fingerprint density at radius 3 is 2.50 bits per heavy atom. The minimum atomic E-state index is -0.0353. The van der Waals surface area contributed by atoms with Gasteiger partial charge in [-0.05, 0) is 6.04 Å². The summed E-state index contributed by atoms with van der Waals surface area (Å²) < 4.78 is 5.26. The maximum atomic E-state index is 5.26. The van der Waals surface area contributed by atoms with E-state index in [1.54, 1.807) is 0 Å². The van der Waals surface area contributed by atoms with E-state index in [0.29, 0.717) is 0 Å². The second-order valence-corrected chi connectivity index (χ2v) is 4.82. The maximum Gasteiger partial charge on any atom is 0.145 e. The Kier molecular flexibility index (Phi) is 5.75. The minimum absolute atomic E-state index is 0.0166. The van der Waals surface area contributed by atoms with Gasteiger partial charge in [-0.15, -0.1) is 0 Å². The van der Waals surface area contributed by atoms with E-state index in [2.05, 4.69) is 13.5 Å². The SMILES string of the molecule is CC[SiH2]O[SiH2]C. The third-order valence-electron chi connectivity index (χ3n) is 0.553. The molecule has 0 aliphatic rings. The van der Waals surface area contributed by atoms with Crippen molar-refractivity contribution in [1.82, 2.24) is 0 Å². The molecule has 0 aromatic carbocycles. The van der Waals surface area contributed by atoms with Crippen LogP contribution in [-0.4, -0.2) is 19.5 Å². The number of hydrogen-bond donors (Lipinski definition) is 0. The summed E-state index contributed by atoms with van der Waals surface area (Å²) in [6.45, 7) is 4.37. The van der Waals surface area contributed by atoms with Crippen LogP contribution in [0.15, 0.2) is 0 Å². The van der Waals surface area contributed by atoms with Crippen molar-refractivity contribution < 1.29 is 4.12 Å². The Morgan fingerprint density at radius 2 is 2.33 bits per heavy atom. The summed E-state index contributed by atoms with van der Waals surface area (Å²) in [5.41, 5.74) is 0. The predicted octanol–water partition coefficient (Wildman–Crippen LogP) is -0.343. The minimum Gasteiger partial charge on any atom is -0.465 e. The van der Waals surface area contributed by atoms with Crippen molar-refractivity contribution in [1.29, 1.82) is 0 Å². The van der Waals surface area contributed by atoms with Gasteiger partial charge in [0.25, 0.3) is 0 Å². The summed E-state index contributed by atoms with van der Waals surface area (Å²) in [7, 11) is -0.0519. The number of hydrogen-bond acceptors (Lipinski definition) is 1. The first-order valence-electron chi connectivity index (χ1n) is 2.49. The molecule has 0 fully saturated rings. The predicted molar refractivity (Wildman–Crippen MR) is 34.5 cm³/mol. The topological polar surface area (TPSA) is 9.23 Å². The third-order valence-corrected chi connectivity index (χ3v) is 3.75. The molecule has 6 heavy (non-hydrogen) atoms. The molecule has 0 atom stereocenters. The lowest BCUT2D eigenvalue weighted by molar-refractivity contribution is 0.644. The molecular weight excluding hydrogens is 108 g/mol. The molecule has 0 N–H and O–H groups in total. The number of rotatable bonds is 3. The first kappa shape index (κ1) is 6.39. The monoisotopic (exact) mass is 120 g/mol. The lowest BCUT2D eigenvalue weighted by atomic mass is 11.0. The zero-order chi connectivity index (χ0) is 4.83. The van der Waals surface area contributed by atoms with Crippen LogP contribution < -0.4 is 0 Å². The van der Waals surface area contributed by atoms with Crippen LogP contribution in [-0.2, 0) is 4.12 Å². The van der Waals surface area contributed by atoms with Gasteiger partial charge in [0.15, 0.2) is 0 Å². The normalized spacial score (nSPS) is 13.0. The Labute approximate surface area is 44.0 Å². The fourth-order valence-corrected chi connectivity index (χ4v) is 2.60. The summed E-state index contributed by atoms with van der Waals surface area (Å²) >= 11 is 0. The van der Waals surface area contributed by atoms with Gasteiger partial charge in [0.2, 0.25) is 0 Å². The first-order valence-corrected chi connectivity index (χ1v) is 6.06. The van der Waals surface area contributed by atoms with Crippen molar-refractivity contribution in [2.75, 3.05) is 0 Å². The lowest BCUT2D eigenvalue weighted by Crippen LogP contribution is -1.96. The largest absolute Gasteiger partial charge is 0.465 e. The zero-order valence-electron chi connectivity index (χ0n) is 4.53. The highest BCUT2D eigenvalue weighted by Crippen LogP contribution is 1.71. The van der Waals surface area contributed by atoms with Gasteiger partial charge in [0.05, 0.1) is 0 Å². The molecule has 0 unspecified atom stereocenters. The van der Waals surface area contributed by atoms with Gasteiger partial charge >= 0.3 is 0 Å². The standard InChI is InChI=1S/C3H12OSi2/c1-3-6-4-5-2/h3,5-6H2,1-2H3. The quantitative estimate of drug-likeness (QED) is 0.366. The summed E-state index contributed by atoms with van der Waals surface area (Å²) in [5, 5.41) is 0. The van der Waals surface area contributed by atoms with E-state index in [1.807, 2.05) is 0 Å². The van der Waals surface area contributed by atoms with Crippen molar-refractivity contribution in [3.8, 4) is 0 Å². The molecule has 3 heteroatoms. The Morgan fingerprint density at radius 1 is 1.67 bits per heavy atom. The molecule has 0 radical (unpaired) electrons. The van der Waals surface area contributed by atoms with E-state index < -0.39 is 0 Å². The van der Waals surface area contributed by atoms with Crippen LogP contribution in [0.4, 0.5) is 0 Å². The van der Waals surface area contributed by atoms with Crippen molar-refractivity contribution in [2.45, 2.75) is 19.5 Å². The fraction of sp³-hybridized carbons (Fsp3) is 1.00. The van der Waals surface area contributed by atoms with Gasteiger partial charge in [-0.3, -0.25) is 0 Å².